The molecule has 1 unspecified atom stereocenters. The quantitative estimate of drug-likeness (QED) is 0.500. The van der Waals surface area contributed by atoms with Gasteiger partial charge >= 0.3 is 12.4 Å². The van der Waals surface area contributed by atoms with E-state index in [9.17, 15) is 26.3 Å². The van der Waals surface area contributed by atoms with Crippen LogP contribution in [0.25, 0.3) is 0 Å². The minimum Gasteiger partial charge on any atom is -0.271 e. The molecule has 0 aliphatic heterocycles. The van der Waals surface area contributed by atoms with Crippen LogP contribution >= 0.6 is 0 Å². The maximum absolute atomic E-state index is 12.5. The fourth-order valence-electron chi connectivity index (χ4n) is 1.39. The van der Waals surface area contributed by atoms with Crippen LogP contribution in [0.1, 0.15) is 11.7 Å². The Morgan fingerprint density at radius 3 is 1.94 bits per heavy atom. The van der Waals surface area contributed by atoms with Crippen LogP contribution in [0.15, 0.2) is 18.6 Å². The van der Waals surface area contributed by atoms with E-state index in [2.05, 4.69) is 9.97 Å². The zero-order chi connectivity index (χ0) is 14.0. The van der Waals surface area contributed by atoms with E-state index in [0.29, 0.717) is 0 Å². The van der Waals surface area contributed by atoms with Gasteiger partial charge in [-0.25, -0.2) is 0 Å². The predicted molar refractivity (Wildman–Crippen MR) is 47.7 cm³/mol. The first-order chi connectivity index (χ1) is 8.18. The molecule has 0 aliphatic rings. The van der Waals surface area contributed by atoms with Crippen LogP contribution < -0.4 is 11.3 Å². The first-order valence-electron chi connectivity index (χ1n) is 4.53. The molecule has 0 bridgehead atoms. The van der Waals surface area contributed by atoms with Crippen LogP contribution in [0.3, 0.4) is 0 Å². The highest BCUT2D eigenvalue weighted by molar-refractivity contribution is 5.06. The molecule has 10 heteroatoms. The van der Waals surface area contributed by atoms with Gasteiger partial charge in [0.15, 0.2) is 5.92 Å². The van der Waals surface area contributed by atoms with Crippen LogP contribution in [0, 0.1) is 5.92 Å². The number of nitrogens with one attached hydrogen (secondary N) is 1. The summed E-state index contributed by atoms with van der Waals surface area (Å²) in [5.74, 6) is 1.12. The molecule has 0 aliphatic carbocycles. The molecule has 102 valence electrons. The van der Waals surface area contributed by atoms with Crippen molar-refractivity contribution in [1.29, 1.82) is 0 Å². The lowest BCUT2D eigenvalue weighted by Gasteiger charge is -2.29. The molecule has 0 amide bonds. The minimum atomic E-state index is -5.51. The molecule has 0 radical (unpaired) electrons. The van der Waals surface area contributed by atoms with Gasteiger partial charge in [-0.1, -0.05) is 0 Å². The molecule has 0 saturated heterocycles. The number of nitrogens with two attached hydrogens (primary N) is 1. The molecule has 1 aromatic rings. The van der Waals surface area contributed by atoms with Crippen LogP contribution in [-0.4, -0.2) is 22.3 Å². The van der Waals surface area contributed by atoms with Gasteiger partial charge in [0.1, 0.15) is 0 Å². The molecule has 3 N–H and O–H groups in total. The van der Waals surface area contributed by atoms with Crippen molar-refractivity contribution in [3.05, 3.63) is 24.3 Å². The second kappa shape index (κ2) is 5.06. The van der Waals surface area contributed by atoms with Gasteiger partial charge in [-0.15, -0.1) is 0 Å². The Morgan fingerprint density at radius 1 is 1.06 bits per heavy atom. The van der Waals surface area contributed by atoms with Gasteiger partial charge in [-0.05, 0) is 0 Å². The van der Waals surface area contributed by atoms with Gasteiger partial charge in [0.25, 0.3) is 0 Å². The standard InChI is InChI=1S/C8H8F6N4/c9-7(10,11)6(8(12,13)14)5(18-15)4-3-16-1-2-17-4/h1-3,5-6,18H,15H2. The monoisotopic (exact) mass is 274 g/mol. The number of hydrogen-bond donors (Lipinski definition) is 2. The third-order valence-corrected chi connectivity index (χ3v) is 2.12. The van der Waals surface area contributed by atoms with Gasteiger partial charge < -0.3 is 0 Å². The molecule has 0 saturated carbocycles. The van der Waals surface area contributed by atoms with Gasteiger partial charge in [0.2, 0.25) is 0 Å². The van der Waals surface area contributed by atoms with Crippen molar-refractivity contribution in [1.82, 2.24) is 15.4 Å². The minimum absolute atomic E-state index is 0.542. The van der Waals surface area contributed by atoms with E-state index >= 15 is 0 Å². The second-order valence-electron chi connectivity index (χ2n) is 3.34. The number of aromatic nitrogens is 2. The molecular weight excluding hydrogens is 266 g/mol. The van der Waals surface area contributed by atoms with Gasteiger partial charge in [0.05, 0.1) is 17.9 Å². The SMILES string of the molecule is NNC(c1cnccn1)C(C(F)(F)F)C(F)(F)F. The molecule has 18 heavy (non-hydrogen) atoms. The maximum atomic E-state index is 12.5. The van der Waals surface area contributed by atoms with E-state index in [1.165, 1.54) is 5.43 Å². The van der Waals surface area contributed by atoms with Gasteiger partial charge in [-0.3, -0.25) is 21.2 Å². The van der Waals surface area contributed by atoms with Crippen molar-refractivity contribution in [2.24, 2.45) is 11.8 Å². The first kappa shape index (κ1) is 14.6. The molecule has 0 aromatic carbocycles. The Morgan fingerprint density at radius 2 is 1.61 bits per heavy atom. The molecule has 4 nitrogen and oxygen atoms in total. The fourth-order valence-corrected chi connectivity index (χ4v) is 1.39. The average molecular weight is 274 g/mol. The van der Waals surface area contributed by atoms with Crippen molar-refractivity contribution < 1.29 is 26.3 Å². The summed E-state index contributed by atoms with van der Waals surface area (Å²) in [6.07, 6.45) is -8.13. The summed E-state index contributed by atoms with van der Waals surface area (Å²) in [5.41, 5.74) is 0.947. The van der Waals surface area contributed by atoms with E-state index in [-0.39, 0.29) is 0 Å². The lowest BCUT2D eigenvalue weighted by molar-refractivity contribution is -0.293. The third kappa shape index (κ3) is 3.29. The highest BCUT2D eigenvalue weighted by atomic mass is 19.4. The van der Waals surface area contributed by atoms with Crippen molar-refractivity contribution >= 4 is 0 Å². The Hall–Kier alpha value is -1.42. The Balaban J connectivity index is 3.19. The highest BCUT2D eigenvalue weighted by Gasteiger charge is 2.60. The van der Waals surface area contributed by atoms with E-state index in [1.54, 1.807) is 0 Å². The molecule has 0 fully saturated rings. The number of hydrogen-bond acceptors (Lipinski definition) is 4. The van der Waals surface area contributed by atoms with Crippen LogP contribution in [0.5, 0.6) is 0 Å². The van der Waals surface area contributed by atoms with E-state index in [1.807, 2.05) is 0 Å². The summed E-state index contributed by atoms with van der Waals surface area (Å²) in [4.78, 5) is 6.80. The van der Waals surface area contributed by atoms with Crippen molar-refractivity contribution in [3.8, 4) is 0 Å². The van der Waals surface area contributed by atoms with Crippen LogP contribution in [-0.2, 0) is 0 Å². The highest BCUT2D eigenvalue weighted by Crippen LogP contribution is 2.45. The van der Waals surface area contributed by atoms with Crippen molar-refractivity contribution in [2.75, 3.05) is 0 Å². The topological polar surface area (TPSA) is 63.8 Å². The first-order valence-corrected chi connectivity index (χ1v) is 4.53. The number of rotatable bonds is 3. The molecule has 0 spiro atoms. The predicted octanol–water partition coefficient (Wildman–Crippen LogP) is 1.72. The lowest BCUT2D eigenvalue weighted by Crippen LogP contribution is -2.48. The third-order valence-electron chi connectivity index (χ3n) is 2.12. The molecule has 1 aromatic heterocycles. The Labute approximate surface area is 97.2 Å². The Kier molecular flexibility index (Phi) is 4.12. The summed E-state index contributed by atoms with van der Waals surface area (Å²) in [6.45, 7) is 0. The van der Waals surface area contributed by atoms with Crippen molar-refractivity contribution in [2.45, 2.75) is 18.4 Å². The molecule has 1 atom stereocenters. The van der Waals surface area contributed by atoms with E-state index in [4.69, 9.17) is 5.84 Å². The normalized spacial score (nSPS) is 14.9. The van der Waals surface area contributed by atoms with Crippen molar-refractivity contribution in [3.63, 3.8) is 0 Å². The zero-order valence-corrected chi connectivity index (χ0v) is 8.63. The Bertz CT molecular complexity index is 361. The second-order valence-corrected chi connectivity index (χ2v) is 3.34. The number of hydrazine groups is 1. The fraction of sp³-hybridized carbons (Fsp3) is 0.500. The summed E-state index contributed by atoms with van der Waals surface area (Å²) in [6, 6.07) is -2.25. The smallest absolute Gasteiger partial charge is 0.271 e. The van der Waals surface area contributed by atoms with Gasteiger partial charge in [-0.2, -0.15) is 26.3 Å². The largest absolute Gasteiger partial charge is 0.402 e. The zero-order valence-electron chi connectivity index (χ0n) is 8.63. The van der Waals surface area contributed by atoms with Crippen LogP contribution in [0.4, 0.5) is 26.3 Å². The molecule has 1 heterocycles. The van der Waals surface area contributed by atoms with Crippen LogP contribution in [0.2, 0.25) is 0 Å². The maximum Gasteiger partial charge on any atom is 0.402 e. The molecule has 1 rings (SSSR count). The summed E-state index contributed by atoms with van der Waals surface area (Å²) in [5, 5.41) is 0. The van der Waals surface area contributed by atoms with Gasteiger partial charge in [0, 0.05) is 12.4 Å². The molecular formula is C8H8F6N4. The summed E-state index contributed by atoms with van der Waals surface area (Å²) < 4.78 is 74.9. The van der Waals surface area contributed by atoms with E-state index in [0.717, 1.165) is 18.6 Å². The van der Waals surface area contributed by atoms with E-state index < -0.39 is 30.0 Å². The summed E-state index contributed by atoms with van der Waals surface area (Å²) in [7, 11) is 0. The number of halogens is 6. The average Bonchev–Trinajstić information content (AvgIpc) is 2.23. The number of nitrogens with zero attached hydrogens (tertiary/aromatic N) is 2. The summed E-state index contributed by atoms with van der Waals surface area (Å²) >= 11 is 0. The number of alkyl halides is 6. The lowest BCUT2D eigenvalue weighted by atomic mass is 9.96.